The second kappa shape index (κ2) is 5.69. The van der Waals surface area contributed by atoms with Crippen molar-refractivity contribution in [3.05, 3.63) is 31.8 Å². The monoisotopic (exact) mass is 457 g/mol. The quantitative estimate of drug-likeness (QED) is 0.608. The van der Waals surface area contributed by atoms with Crippen molar-refractivity contribution in [2.24, 2.45) is 0 Å². The number of amides is 1. The topological polar surface area (TPSA) is 54.5 Å². The summed E-state index contributed by atoms with van der Waals surface area (Å²) in [4.78, 5) is 14.1. The maximum Gasteiger partial charge on any atom is 0.255 e. The van der Waals surface area contributed by atoms with Gasteiger partial charge in [0.15, 0.2) is 9.84 Å². The third-order valence-corrected chi connectivity index (χ3v) is 6.32. The molecule has 7 heteroatoms. The molecule has 1 aliphatic rings. The summed E-state index contributed by atoms with van der Waals surface area (Å²) in [6, 6.07) is 5.24. The molecule has 2 rings (SSSR count). The lowest BCUT2D eigenvalue weighted by molar-refractivity contribution is 0.0711. The predicted octanol–water partition coefficient (Wildman–Crippen LogP) is 2.31. The number of nitrogens with zero attached hydrogens (tertiary/aromatic N) is 1. The molecule has 0 N–H and O–H groups in total. The fourth-order valence-corrected chi connectivity index (χ4v) is 4.60. The zero-order valence-corrected chi connectivity index (χ0v) is 14.8. The standard InChI is InChI=1S/C12H13BrINO3S/c1-8-7-19(17,18)5-4-15(8)12(16)10-6-9(13)2-3-11(10)14/h2-3,6,8H,4-5,7H2,1H3. The van der Waals surface area contributed by atoms with Crippen molar-refractivity contribution < 1.29 is 13.2 Å². The summed E-state index contributed by atoms with van der Waals surface area (Å²) in [5.41, 5.74) is 0.612. The van der Waals surface area contributed by atoms with E-state index in [-0.39, 0.29) is 30.0 Å². The minimum absolute atomic E-state index is 0.0450. The van der Waals surface area contributed by atoms with E-state index >= 15 is 0 Å². The second-order valence-corrected chi connectivity index (χ2v) is 8.89. The van der Waals surface area contributed by atoms with Crippen LogP contribution in [0.15, 0.2) is 22.7 Å². The van der Waals surface area contributed by atoms with E-state index in [1.54, 1.807) is 17.9 Å². The Morgan fingerprint density at radius 1 is 1.47 bits per heavy atom. The van der Waals surface area contributed by atoms with Gasteiger partial charge in [0.2, 0.25) is 0 Å². The normalized spacial score (nSPS) is 22.3. The molecule has 1 amide bonds. The van der Waals surface area contributed by atoms with E-state index in [4.69, 9.17) is 0 Å². The Labute approximate surface area is 134 Å². The molecule has 104 valence electrons. The Morgan fingerprint density at radius 2 is 2.16 bits per heavy atom. The number of halogens is 2. The first kappa shape index (κ1) is 15.2. The van der Waals surface area contributed by atoms with Crippen LogP contribution in [0.5, 0.6) is 0 Å². The molecule has 1 fully saturated rings. The number of carbonyl (C=O) groups is 1. The number of carbonyl (C=O) groups excluding carboxylic acids is 1. The predicted molar refractivity (Wildman–Crippen MR) is 86.0 cm³/mol. The van der Waals surface area contributed by atoms with Crippen molar-refractivity contribution >= 4 is 54.3 Å². The molecule has 0 aromatic heterocycles. The third kappa shape index (κ3) is 3.49. The molecule has 19 heavy (non-hydrogen) atoms. The van der Waals surface area contributed by atoms with Gasteiger partial charge in [-0.25, -0.2) is 8.42 Å². The van der Waals surface area contributed by atoms with Gasteiger partial charge in [0.05, 0.1) is 17.1 Å². The molecular formula is C12H13BrINO3S. The van der Waals surface area contributed by atoms with Crippen molar-refractivity contribution in [1.29, 1.82) is 0 Å². The lowest BCUT2D eigenvalue weighted by atomic mass is 10.1. The van der Waals surface area contributed by atoms with Gasteiger partial charge in [-0.3, -0.25) is 4.79 Å². The van der Waals surface area contributed by atoms with Gasteiger partial charge in [-0.1, -0.05) is 15.9 Å². The van der Waals surface area contributed by atoms with Gasteiger partial charge in [-0.05, 0) is 47.7 Å². The summed E-state index contributed by atoms with van der Waals surface area (Å²) in [6.45, 7) is 2.05. The summed E-state index contributed by atoms with van der Waals surface area (Å²) in [5, 5.41) is 0. The molecule has 1 aliphatic heterocycles. The molecule has 0 aliphatic carbocycles. The molecular weight excluding hydrogens is 445 g/mol. The summed E-state index contributed by atoms with van der Waals surface area (Å²) in [7, 11) is -3.00. The Hall–Kier alpha value is -0.150. The van der Waals surface area contributed by atoms with Crippen molar-refractivity contribution in [1.82, 2.24) is 4.90 Å². The number of benzene rings is 1. The van der Waals surface area contributed by atoms with Gasteiger partial charge >= 0.3 is 0 Å². The van der Waals surface area contributed by atoms with E-state index in [0.717, 1.165) is 8.04 Å². The molecule has 1 saturated heterocycles. The number of sulfone groups is 1. The minimum atomic E-state index is -3.00. The maximum atomic E-state index is 12.5. The Balaban J connectivity index is 2.27. The molecule has 1 heterocycles. The van der Waals surface area contributed by atoms with Crippen LogP contribution in [0.1, 0.15) is 17.3 Å². The van der Waals surface area contributed by atoms with Gasteiger partial charge < -0.3 is 4.90 Å². The third-order valence-electron chi connectivity index (χ3n) is 3.09. The van der Waals surface area contributed by atoms with Crippen LogP contribution in [-0.2, 0) is 9.84 Å². The van der Waals surface area contributed by atoms with E-state index in [1.165, 1.54) is 0 Å². The number of hydrogen-bond acceptors (Lipinski definition) is 3. The lowest BCUT2D eigenvalue weighted by Gasteiger charge is -2.33. The zero-order chi connectivity index (χ0) is 14.2. The van der Waals surface area contributed by atoms with Crippen LogP contribution in [0.2, 0.25) is 0 Å². The second-order valence-electron chi connectivity index (χ2n) is 4.59. The Morgan fingerprint density at radius 3 is 2.79 bits per heavy atom. The van der Waals surface area contributed by atoms with Crippen molar-refractivity contribution in [3.63, 3.8) is 0 Å². The average Bonchev–Trinajstić information content (AvgIpc) is 2.30. The van der Waals surface area contributed by atoms with Crippen LogP contribution in [-0.4, -0.2) is 43.3 Å². The highest BCUT2D eigenvalue weighted by Gasteiger charge is 2.32. The van der Waals surface area contributed by atoms with Gasteiger partial charge in [0.1, 0.15) is 0 Å². The molecule has 1 unspecified atom stereocenters. The summed E-state index contributed by atoms with van der Waals surface area (Å²) in [5.74, 6) is -0.00938. The molecule has 0 spiro atoms. The van der Waals surface area contributed by atoms with Gasteiger partial charge in [0, 0.05) is 20.6 Å². The first-order valence-electron chi connectivity index (χ1n) is 5.76. The van der Waals surface area contributed by atoms with Crippen molar-refractivity contribution in [2.75, 3.05) is 18.1 Å². The van der Waals surface area contributed by atoms with E-state index in [0.29, 0.717) is 5.56 Å². The highest BCUT2D eigenvalue weighted by molar-refractivity contribution is 14.1. The van der Waals surface area contributed by atoms with Crippen molar-refractivity contribution in [3.8, 4) is 0 Å². The Kier molecular flexibility index (Phi) is 4.56. The van der Waals surface area contributed by atoms with Crippen LogP contribution in [0.4, 0.5) is 0 Å². The van der Waals surface area contributed by atoms with Gasteiger partial charge in [0.25, 0.3) is 5.91 Å². The SMILES string of the molecule is CC1CS(=O)(=O)CCN1C(=O)c1cc(Br)ccc1I. The average molecular weight is 458 g/mol. The summed E-state index contributed by atoms with van der Waals surface area (Å²) < 4.78 is 24.8. The largest absolute Gasteiger partial charge is 0.334 e. The van der Waals surface area contributed by atoms with Crippen LogP contribution in [0, 0.1) is 3.57 Å². The highest BCUT2D eigenvalue weighted by Crippen LogP contribution is 2.22. The molecule has 1 atom stereocenters. The molecule has 0 radical (unpaired) electrons. The lowest BCUT2D eigenvalue weighted by Crippen LogP contribution is -2.49. The van der Waals surface area contributed by atoms with Gasteiger partial charge in [-0.15, -0.1) is 0 Å². The molecule has 1 aromatic carbocycles. The summed E-state index contributed by atoms with van der Waals surface area (Å²) in [6.07, 6.45) is 0. The molecule has 0 saturated carbocycles. The van der Waals surface area contributed by atoms with E-state index in [2.05, 4.69) is 38.5 Å². The summed E-state index contributed by atoms with van der Waals surface area (Å²) >= 11 is 5.47. The van der Waals surface area contributed by atoms with Crippen LogP contribution in [0.25, 0.3) is 0 Å². The Bertz CT molecular complexity index is 617. The molecule has 0 bridgehead atoms. The van der Waals surface area contributed by atoms with Crippen molar-refractivity contribution in [2.45, 2.75) is 13.0 Å². The first-order chi connectivity index (χ1) is 8.80. The maximum absolute atomic E-state index is 12.5. The molecule has 4 nitrogen and oxygen atoms in total. The first-order valence-corrected chi connectivity index (χ1v) is 9.46. The van der Waals surface area contributed by atoms with Gasteiger partial charge in [-0.2, -0.15) is 0 Å². The van der Waals surface area contributed by atoms with Crippen LogP contribution >= 0.6 is 38.5 Å². The minimum Gasteiger partial charge on any atom is -0.334 e. The van der Waals surface area contributed by atoms with E-state index in [1.807, 2.05) is 12.1 Å². The van der Waals surface area contributed by atoms with E-state index < -0.39 is 9.84 Å². The fourth-order valence-electron chi connectivity index (χ4n) is 2.12. The number of rotatable bonds is 1. The van der Waals surface area contributed by atoms with Crippen LogP contribution < -0.4 is 0 Å². The smallest absolute Gasteiger partial charge is 0.255 e. The van der Waals surface area contributed by atoms with E-state index in [9.17, 15) is 13.2 Å². The fraction of sp³-hybridized carbons (Fsp3) is 0.417. The molecule has 1 aromatic rings. The van der Waals surface area contributed by atoms with Crippen LogP contribution in [0.3, 0.4) is 0 Å². The number of hydrogen-bond donors (Lipinski definition) is 0. The highest BCUT2D eigenvalue weighted by atomic mass is 127. The zero-order valence-electron chi connectivity index (χ0n) is 10.3.